The van der Waals surface area contributed by atoms with E-state index in [4.69, 9.17) is 4.74 Å². The van der Waals surface area contributed by atoms with Crippen molar-refractivity contribution in [3.8, 4) is 11.5 Å². The van der Waals surface area contributed by atoms with Crippen molar-refractivity contribution >= 4 is 23.2 Å². The molecular weight excluding hydrogens is 328 g/mol. The van der Waals surface area contributed by atoms with Gasteiger partial charge in [-0.05, 0) is 60.7 Å². The van der Waals surface area contributed by atoms with E-state index in [-0.39, 0.29) is 11.8 Å². The van der Waals surface area contributed by atoms with Gasteiger partial charge in [0.25, 0.3) is 5.91 Å². The minimum Gasteiger partial charge on any atom is -0.457 e. The van der Waals surface area contributed by atoms with Crippen molar-refractivity contribution in [1.29, 1.82) is 0 Å². The Morgan fingerprint density at radius 3 is 1.81 bits per heavy atom. The molecule has 0 aliphatic carbocycles. The molecule has 0 unspecified atom stereocenters. The van der Waals surface area contributed by atoms with E-state index in [1.165, 1.54) is 6.92 Å². The Morgan fingerprint density at radius 1 is 0.692 bits per heavy atom. The molecule has 3 aromatic carbocycles. The van der Waals surface area contributed by atoms with E-state index < -0.39 is 0 Å². The van der Waals surface area contributed by atoms with Crippen molar-refractivity contribution in [2.75, 3.05) is 10.6 Å². The molecule has 0 fully saturated rings. The molecule has 0 aliphatic rings. The highest BCUT2D eigenvalue weighted by Gasteiger charge is 2.07. The molecule has 3 aromatic rings. The summed E-state index contributed by atoms with van der Waals surface area (Å²) in [6, 6.07) is 23.3. The van der Waals surface area contributed by atoms with Gasteiger partial charge in [0.2, 0.25) is 5.91 Å². The average molecular weight is 346 g/mol. The number of amides is 2. The third-order valence-electron chi connectivity index (χ3n) is 3.56. The second-order valence-electron chi connectivity index (χ2n) is 5.65. The Labute approximate surface area is 151 Å². The zero-order chi connectivity index (χ0) is 18.4. The highest BCUT2D eigenvalue weighted by molar-refractivity contribution is 6.04. The fourth-order valence-electron chi connectivity index (χ4n) is 2.34. The number of carbonyl (C=O) groups is 2. The second kappa shape index (κ2) is 7.98. The summed E-state index contributed by atoms with van der Waals surface area (Å²) in [4.78, 5) is 23.3. The maximum Gasteiger partial charge on any atom is 0.255 e. The van der Waals surface area contributed by atoms with Crippen LogP contribution in [0, 0.1) is 0 Å². The number of nitrogens with one attached hydrogen (secondary N) is 2. The van der Waals surface area contributed by atoms with Crippen molar-refractivity contribution in [1.82, 2.24) is 0 Å². The molecule has 0 heterocycles. The fourth-order valence-corrected chi connectivity index (χ4v) is 2.34. The fraction of sp³-hybridized carbons (Fsp3) is 0.0476. The quantitative estimate of drug-likeness (QED) is 0.704. The van der Waals surface area contributed by atoms with E-state index in [1.54, 1.807) is 48.5 Å². The Kier molecular flexibility index (Phi) is 5.29. The minimum atomic E-state index is -0.219. The van der Waals surface area contributed by atoms with Crippen molar-refractivity contribution < 1.29 is 14.3 Å². The van der Waals surface area contributed by atoms with Crippen LogP contribution in [0.2, 0.25) is 0 Å². The van der Waals surface area contributed by atoms with Gasteiger partial charge in [0, 0.05) is 23.9 Å². The van der Waals surface area contributed by atoms with Gasteiger partial charge >= 0.3 is 0 Å². The van der Waals surface area contributed by atoms with Gasteiger partial charge in [-0.3, -0.25) is 9.59 Å². The van der Waals surface area contributed by atoms with Crippen molar-refractivity contribution in [2.24, 2.45) is 0 Å². The number of carbonyl (C=O) groups excluding carboxylic acids is 2. The van der Waals surface area contributed by atoms with Gasteiger partial charge < -0.3 is 15.4 Å². The summed E-state index contributed by atoms with van der Waals surface area (Å²) in [6.07, 6.45) is 0. The molecule has 5 heteroatoms. The number of ether oxygens (including phenoxy) is 1. The van der Waals surface area contributed by atoms with E-state index in [0.717, 1.165) is 5.75 Å². The summed E-state index contributed by atoms with van der Waals surface area (Å²) in [7, 11) is 0. The predicted molar refractivity (Wildman–Crippen MR) is 102 cm³/mol. The number of rotatable bonds is 5. The van der Waals surface area contributed by atoms with Gasteiger partial charge in [-0.25, -0.2) is 0 Å². The van der Waals surface area contributed by atoms with Gasteiger partial charge in [0.1, 0.15) is 11.5 Å². The Hall–Kier alpha value is -3.60. The molecule has 0 aliphatic heterocycles. The van der Waals surface area contributed by atoms with Gasteiger partial charge in [0.15, 0.2) is 0 Å². The standard InChI is InChI=1S/C21H18N2O3/c1-15(24)22-17-9-11-18(12-10-17)23-21(25)16-7-13-20(14-8-16)26-19-5-3-2-4-6-19/h2-14H,1H3,(H,22,24)(H,23,25). The van der Waals surface area contributed by atoms with Crippen molar-refractivity contribution in [3.05, 3.63) is 84.4 Å². The lowest BCUT2D eigenvalue weighted by molar-refractivity contribution is -0.114. The lowest BCUT2D eigenvalue weighted by atomic mass is 10.2. The zero-order valence-corrected chi connectivity index (χ0v) is 14.2. The van der Waals surface area contributed by atoms with Crippen LogP contribution in [0.1, 0.15) is 17.3 Å². The van der Waals surface area contributed by atoms with E-state index in [1.807, 2.05) is 30.3 Å². The normalized spacial score (nSPS) is 10.0. The number of para-hydroxylation sites is 1. The van der Waals surface area contributed by atoms with Crippen LogP contribution in [0.15, 0.2) is 78.9 Å². The Bertz CT molecular complexity index is 889. The molecule has 0 saturated carbocycles. The van der Waals surface area contributed by atoms with E-state index in [9.17, 15) is 9.59 Å². The SMILES string of the molecule is CC(=O)Nc1ccc(NC(=O)c2ccc(Oc3ccccc3)cc2)cc1. The van der Waals surface area contributed by atoms with Gasteiger partial charge in [-0.1, -0.05) is 18.2 Å². The zero-order valence-electron chi connectivity index (χ0n) is 14.2. The van der Waals surface area contributed by atoms with Crippen LogP contribution in [0.3, 0.4) is 0 Å². The Balaban J connectivity index is 1.62. The molecular formula is C21H18N2O3. The van der Waals surface area contributed by atoms with Gasteiger partial charge in [-0.15, -0.1) is 0 Å². The largest absolute Gasteiger partial charge is 0.457 e. The van der Waals surface area contributed by atoms with Crippen LogP contribution in [0.5, 0.6) is 11.5 Å². The third kappa shape index (κ3) is 4.70. The lowest BCUT2D eigenvalue weighted by Crippen LogP contribution is -2.12. The summed E-state index contributed by atoms with van der Waals surface area (Å²) in [5, 5.41) is 5.49. The van der Waals surface area contributed by atoms with Gasteiger partial charge in [0.05, 0.1) is 0 Å². The monoisotopic (exact) mass is 346 g/mol. The number of hydrogen-bond acceptors (Lipinski definition) is 3. The molecule has 0 bridgehead atoms. The third-order valence-corrected chi connectivity index (χ3v) is 3.56. The molecule has 0 saturated heterocycles. The molecule has 2 N–H and O–H groups in total. The highest BCUT2D eigenvalue weighted by atomic mass is 16.5. The first-order valence-electron chi connectivity index (χ1n) is 8.12. The highest BCUT2D eigenvalue weighted by Crippen LogP contribution is 2.21. The van der Waals surface area contributed by atoms with Crippen LogP contribution < -0.4 is 15.4 Å². The molecule has 0 spiro atoms. The van der Waals surface area contributed by atoms with Crippen LogP contribution in [-0.2, 0) is 4.79 Å². The maximum absolute atomic E-state index is 12.3. The van der Waals surface area contributed by atoms with E-state index >= 15 is 0 Å². The van der Waals surface area contributed by atoms with Gasteiger partial charge in [-0.2, -0.15) is 0 Å². The van der Waals surface area contributed by atoms with Crippen LogP contribution >= 0.6 is 0 Å². The molecule has 5 nitrogen and oxygen atoms in total. The van der Waals surface area contributed by atoms with Crippen LogP contribution in [0.25, 0.3) is 0 Å². The summed E-state index contributed by atoms with van der Waals surface area (Å²) < 4.78 is 5.71. The lowest BCUT2D eigenvalue weighted by Gasteiger charge is -2.08. The molecule has 3 rings (SSSR count). The van der Waals surface area contributed by atoms with Crippen molar-refractivity contribution in [3.63, 3.8) is 0 Å². The molecule has 0 aromatic heterocycles. The summed E-state index contributed by atoms with van der Waals surface area (Å²) in [5.41, 5.74) is 1.85. The summed E-state index contributed by atoms with van der Waals surface area (Å²) >= 11 is 0. The van der Waals surface area contributed by atoms with E-state index in [0.29, 0.717) is 22.7 Å². The molecule has 130 valence electrons. The van der Waals surface area contributed by atoms with E-state index in [2.05, 4.69) is 10.6 Å². The summed E-state index contributed by atoms with van der Waals surface area (Å²) in [5.74, 6) is 1.04. The maximum atomic E-state index is 12.3. The number of hydrogen-bond donors (Lipinski definition) is 2. The first kappa shape index (κ1) is 17.2. The predicted octanol–water partition coefficient (Wildman–Crippen LogP) is 4.69. The summed E-state index contributed by atoms with van der Waals surface area (Å²) in [6.45, 7) is 1.45. The average Bonchev–Trinajstić information content (AvgIpc) is 2.64. The minimum absolute atomic E-state index is 0.139. The van der Waals surface area contributed by atoms with Crippen LogP contribution in [0.4, 0.5) is 11.4 Å². The number of anilines is 2. The topological polar surface area (TPSA) is 67.4 Å². The molecule has 26 heavy (non-hydrogen) atoms. The van der Waals surface area contributed by atoms with Crippen molar-refractivity contribution in [2.45, 2.75) is 6.92 Å². The molecule has 0 atom stereocenters. The molecule has 0 radical (unpaired) electrons. The first-order chi connectivity index (χ1) is 12.6. The Morgan fingerprint density at radius 2 is 1.23 bits per heavy atom. The number of benzene rings is 3. The van der Waals surface area contributed by atoms with Crippen LogP contribution in [-0.4, -0.2) is 11.8 Å². The smallest absolute Gasteiger partial charge is 0.255 e. The molecule has 2 amide bonds. The first-order valence-corrected chi connectivity index (χ1v) is 8.12. The second-order valence-corrected chi connectivity index (χ2v) is 5.65.